The largest absolute Gasteiger partial charge is 0.480 e. The van der Waals surface area contributed by atoms with Crippen LogP contribution >= 0.6 is 0 Å². The number of carbonyl (C=O) groups is 2. The smallest absolute Gasteiger partial charge is 0.454 e. The van der Waals surface area contributed by atoms with Gasteiger partial charge >= 0.3 is 19.1 Å². The summed E-state index contributed by atoms with van der Waals surface area (Å²) in [6.45, 7) is -0.488. The van der Waals surface area contributed by atoms with Crippen molar-refractivity contribution in [1.82, 2.24) is 4.90 Å². The molecule has 1 saturated carbocycles. The highest BCUT2D eigenvalue weighted by atomic mass is 16.4. The molecule has 1 aliphatic rings. The topological polar surface area (TPSA) is 118 Å². The molecule has 0 heterocycles. The molecular formula is C10H20BNO6. The van der Waals surface area contributed by atoms with E-state index in [2.05, 4.69) is 0 Å². The van der Waals surface area contributed by atoms with E-state index in [9.17, 15) is 9.59 Å². The van der Waals surface area contributed by atoms with Crippen molar-refractivity contribution in [3.05, 3.63) is 0 Å². The Hall–Kier alpha value is -1.12. The van der Waals surface area contributed by atoms with Gasteiger partial charge in [0.2, 0.25) is 0 Å². The summed E-state index contributed by atoms with van der Waals surface area (Å²) in [7, 11) is 0.375. The van der Waals surface area contributed by atoms with E-state index in [1.54, 1.807) is 0 Å². The Labute approximate surface area is 106 Å². The predicted molar refractivity (Wildman–Crippen MR) is 65.2 cm³/mol. The van der Waals surface area contributed by atoms with Crippen molar-refractivity contribution < 1.29 is 29.9 Å². The maximum Gasteiger partial charge on any atom is 0.454 e. The fourth-order valence-corrected chi connectivity index (χ4v) is 1.77. The van der Waals surface area contributed by atoms with Gasteiger partial charge in [0.1, 0.15) is 0 Å². The molecule has 7 nitrogen and oxygen atoms in total. The number of carboxylic acids is 2. The van der Waals surface area contributed by atoms with Crippen LogP contribution in [0.5, 0.6) is 0 Å². The van der Waals surface area contributed by atoms with Crippen molar-refractivity contribution in [2.24, 2.45) is 0 Å². The Bertz CT molecular complexity index is 251. The average molecular weight is 261 g/mol. The molecule has 0 atom stereocenters. The third-order valence-corrected chi connectivity index (χ3v) is 2.63. The first-order chi connectivity index (χ1) is 8.32. The number of nitrogens with zero attached hydrogens (tertiary/aromatic N) is 1. The minimum absolute atomic E-state index is 0.176. The lowest BCUT2D eigenvalue weighted by Gasteiger charge is -2.08. The first-order valence-electron chi connectivity index (χ1n) is 5.81. The van der Waals surface area contributed by atoms with E-state index in [1.165, 1.54) is 24.8 Å². The maximum atomic E-state index is 9.96. The molecule has 1 rings (SSSR count). The highest BCUT2D eigenvalue weighted by Gasteiger charge is 2.25. The lowest BCUT2D eigenvalue weighted by Crippen LogP contribution is -2.30. The standard InChI is InChI=1S/C5H11BO2.C5H9NO4/c7-6(8)5-3-1-2-4-5;1-6(2-4(7)8)3-5(9)10/h5,7-8H,1-4H2;2-3H2,1H3,(H,7,8)(H,9,10). The van der Waals surface area contributed by atoms with Crippen molar-refractivity contribution in [2.45, 2.75) is 31.5 Å². The molecule has 8 heteroatoms. The quantitative estimate of drug-likeness (QED) is 0.492. The number of rotatable bonds is 5. The fourth-order valence-electron chi connectivity index (χ4n) is 1.77. The molecule has 1 fully saturated rings. The minimum atomic E-state index is -1.06. The number of carboxylic acid groups (broad SMARTS) is 2. The molecule has 0 aromatic rings. The van der Waals surface area contributed by atoms with Crippen LogP contribution in [0.2, 0.25) is 5.82 Å². The zero-order valence-corrected chi connectivity index (χ0v) is 10.4. The number of hydrogen-bond acceptors (Lipinski definition) is 5. The normalized spacial score (nSPS) is 15.1. The van der Waals surface area contributed by atoms with E-state index in [0.29, 0.717) is 0 Å². The van der Waals surface area contributed by atoms with Gasteiger partial charge in [0.15, 0.2) is 0 Å². The van der Waals surface area contributed by atoms with Crippen molar-refractivity contribution in [3.63, 3.8) is 0 Å². The monoisotopic (exact) mass is 261 g/mol. The van der Waals surface area contributed by atoms with Crippen molar-refractivity contribution in [3.8, 4) is 0 Å². The minimum Gasteiger partial charge on any atom is -0.480 e. The number of likely N-dealkylation sites (N-methyl/N-ethyl adjacent to an activating group) is 1. The van der Waals surface area contributed by atoms with Gasteiger partial charge in [-0.2, -0.15) is 0 Å². The van der Waals surface area contributed by atoms with Crippen LogP contribution in [0.25, 0.3) is 0 Å². The summed E-state index contributed by atoms with van der Waals surface area (Å²) in [6, 6.07) is 0. The van der Waals surface area contributed by atoms with Crippen molar-refractivity contribution in [1.29, 1.82) is 0 Å². The third kappa shape index (κ3) is 8.97. The molecule has 0 aromatic carbocycles. The van der Waals surface area contributed by atoms with Crippen molar-refractivity contribution in [2.75, 3.05) is 20.1 Å². The molecule has 4 N–H and O–H groups in total. The molecule has 0 spiro atoms. The summed E-state index contributed by atoms with van der Waals surface area (Å²) in [5.41, 5.74) is 0. The lowest BCUT2D eigenvalue weighted by molar-refractivity contribution is -0.141. The van der Waals surface area contributed by atoms with Gasteiger partial charge in [-0.15, -0.1) is 0 Å². The van der Waals surface area contributed by atoms with E-state index in [-0.39, 0.29) is 18.9 Å². The molecule has 0 unspecified atom stereocenters. The zero-order valence-electron chi connectivity index (χ0n) is 10.4. The third-order valence-electron chi connectivity index (χ3n) is 2.63. The molecule has 1 aliphatic carbocycles. The molecule has 0 aliphatic heterocycles. The van der Waals surface area contributed by atoms with E-state index in [0.717, 1.165) is 12.8 Å². The summed E-state index contributed by atoms with van der Waals surface area (Å²) in [5, 5.41) is 33.5. The SMILES string of the molecule is CN(CC(=O)O)CC(=O)O.OB(O)C1CCCC1. The Balaban J connectivity index is 0.000000327. The Morgan fingerprint density at radius 1 is 1.11 bits per heavy atom. The molecule has 104 valence electrons. The van der Waals surface area contributed by atoms with Gasteiger partial charge in [-0.05, 0) is 12.9 Å². The lowest BCUT2D eigenvalue weighted by atomic mass is 9.72. The summed E-state index contributed by atoms with van der Waals surface area (Å²) >= 11 is 0. The zero-order chi connectivity index (χ0) is 14.1. The first-order valence-corrected chi connectivity index (χ1v) is 5.81. The van der Waals surface area contributed by atoms with Gasteiger partial charge in [-0.25, -0.2) is 0 Å². The second-order valence-corrected chi connectivity index (χ2v) is 4.42. The van der Waals surface area contributed by atoms with Crippen LogP contribution in [-0.4, -0.2) is 64.4 Å². The Morgan fingerprint density at radius 2 is 1.50 bits per heavy atom. The van der Waals surface area contributed by atoms with Gasteiger partial charge in [0, 0.05) is 0 Å². The van der Waals surface area contributed by atoms with Crippen molar-refractivity contribution >= 4 is 19.1 Å². The van der Waals surface area contributed by atoms with Gasteiger partial charge in [0.25, 0.3) is 0 Å². The van der Waals surface area contributed by atoms with E-state index >= 15 is 0 Å². The predicted octanol–water partition coefficient (Wildman–Crippen LogP) is -0.509. The van der Waals surface area contributed by atoms with Gasteiger partial charge in [0.05, 0.1) is 13.1 Å². The van der Waals surface area contributed by atoms with E-state index in [1.807, 2.05) is 0 Å². The van der Waals surface area contributed by atoms with E-state index < -0.39 is 19.1 Å². The molecule has 18 heavy (non-hydrogen) atoms. The van der Waals surface area contributed by atoms with Crippen LogP contribution in [0.4, 0.5) is 0 Å². The van der Waals surface area contributed by atoms with E-state index in [4.69, 9.17) is 20.3 Å². The van der Waals surface area contributed by atoms with Crippen LogP contribution in [0, 0.1) is 0 Å². The highest BCUT2D eigenvalue weighted by molar-refractivity contribution is 6.43. The van der Waals surface area contributed by atoms with Gasteiger partial charge < -0.3 is 20.3 Å². The van der Waals surface area contributed by atoms with Crippen LogP contribution in [-0.2, 0) is 9.59 Å². The summed E-state index contributed by atoms with van der Waals surface area (Å²) < 4.78 is 0. The highest BCUT2D eigenvalue weighted by Crippen LogP contribution is 2.30. The molecule has 0 saturated heterocycles. The maximum absolute atomic E-state index is 9.96. The van der Waals surface area contributed by atoms with Gasteiger partial charge in [-0.3, -0.25) is 14.5 Å². The second-order valence-electron chi connectivity index (χ2n) is 4.42. The Kier molecular flexibility index (Phi) is 8.35. The number of hydrogen-bond donors (Lipinski definition) is 4. The van der Waals surface area contributed by atoms with Crippen LogP contribution in [0.3, 0.4) is 0 Å². The van der Waals surface area contributed by atoms with Crippen LogP contribution < -0.4 is 0 Å². The summed E-state index contributed by atoms with van der Waals surface area (Å²) in [4.78, 5) is 21.1. The Morgan fingerprint density at radius 3 is 1.72 bits per heavy atom. The molecule has 0 aromatic heterocycles. The van der Waals surface area contributed by atoms with Gasteiger partial charge in [-0.1, -0.05) is 25.7 Å². The molecule has 0 radical (unpaired) electrons. The van der Waals surface area contributed by atoms with Crippen LogP contribution in [0.1, 0.15) is 25.7 Å². The molecule has 0 amide bonds. The molecule has 0 bridgehead atoms. The average Bonchev–Trinajstić information content (AvgIpc) is 2.67. The first kappa shape index (κ1) is 16.9. The second kappa shape index (κ2) is 8.90. The summed E-state index contributed by atoms with van der Waals surface area (Å²) in [5.74, 6) is -1.87. The molecular weight excluding hydrogens is 241 g/mol. The number of aliphatic carboxylic acids is 2. The summed E-state index contributed by atoms with van der Waals surface area (Å²) in [6.07, 6.45) is 4.33. The van der Waals surface area contributed by atoms with Crippen LogP contribution in [0.15, 0.2) is 0 Å². The fraction of sp³-hybridized carbons (Fsp3) is 0.800.